The molecule has 0 aliphatic carbocycles. The summed E-state index contributed by atoms with van der Waals surface area (Å²) in [6.45, 7) is 2.54. The highest BCUT2D eigenvalue weighted by Gasteiger charge is 2.48. The number of benzene rings is 1. The Bertz CT molecular complexity index is 746. The lowest BCUT2D eigenvalue weighted by molar-refractivity contribution is -0.117. The van der Waals surface area contributed by atoms with Gasteiger partial charge in [-0.1, -0.05) is 23.9 Å². The minimum absolute atomic E-state index is 0.0441. The van der Waals surface area contributed by atoms with E-state index >= 15 is 0 Å². The molecule has 0 aromatic heterocycles. The predicted molar refractivity (Wildman–Crippen MR) is 88.7 cm³/mol. The van der Waals surface area contributed by atoms with Crippen LogP contribution in [0.4, 0.5) is 4.39 Å². The molecular formula is C15H17FN2O3S2. The molecule has 2 aliphatic rings. The maximum absolute atomic E-state index is 12.9. The fraction of sp³-hybridized carbons (Fsp3) is 0.467. The van der Waals surface area contributed by atoms with Crippen LogP contribution in [0.2, 0.25) is 0 Å². The van der Waals surface area contributed by atoms with Crippen LogP contribution in [0, 0.1) is 5.82 Å². The van der Waals surface area contributed by atoms with Crippen molar-refractivity contribution in [2.75, 3.05) is 18.1 Å². The molecule has 1 aromatic carbocycles. The first-order valence-electron chi connectivity index (χ1n) is 7.37. The third-order valence-corrected chi connectivity index (χ3v) is 7.25. The van der Waals surface area contributed by atoms with Gasteiger partial charge < -0.3 is 4.90 Å². The van der Waals surface area contributed by atoms with E-state index in [9.17, 15) is 17.6 Å². The van der Waals surface area contributed by atoms with Crippen molar-refractivity contribution in [3.63, 3.8) is 0 Å². The van der Waals surface area contributed by atoms with Crippen molar-refractivity contribution < 1.29 is 17.6 Å². The maximum Gasteiger partial charge on any atom is 0.252 e. The molecule has 2 saturated heterocycles. The molecule has 2 fully saturated rings. The molecule has 2 heterocycles. The van der Waals surface area contributed by atoms with Crippen molar-refractivity contribution in [3.8, 4) is 0 Å². The molecular weight excluding hydrogens is 339 g/mol. The molecule has 23 heavy (non-hydrogen) atoms. The van der Waals surface area contributed by atoms with Gasteiger partial charge in [-0.05, 0) is 24.6 Å². The van der Waals surface area contributed by atoms with E-state index in [1.807, 2.05) is 11.8 Å². The van der Waals surface area contributed by atoms with Gasteiger partial charge in [0.1, 0.15) is 5.82 Å². The number of halogens is 1. The summed E-state index contributed by atoms with van der Waals surface area (Å²) in [5.74, 6) is -0.376. The molecule has 2 aliphatic heterocycles. The van der Waals surface area contributed by atoms with Crippen molar-refractivity contribution in [2.45, 2.75) is 24.6 Å². The van der Waals surface area contributed by atoms with Crippen LogP contribution in [0.15, 0.2) is 29.3 Å². The van der Waals surface area contributed by atoms with Gasteiger partial charge >= 0.3 is 0 Å². The fourth-order valence-electron chi connectivity index (χ4n) is 2.93. The van der Waals surface area contributed by atoms with Gasteiger partial charge in [-0.3, -0.25) is 4.79 Å². The lowest BCUT2D eigenvalue weighted by Gasteiger charge is -2.22. The first-order chi connectivity index (χ1) is 10.9. The fourth-order valence-corrected chi connectivity index (χ4v) is 6.96. The Kier molecular flexibility index (Phi) is 4.46. The molecule has 5 nitrogen and oxygen atoms in total. The number of hydrogen-bond donors (Lipinski definition) is 0. The Hall–Kier alpha value is -1.41. The number of rotatable bonds is 3. The van der Waals surface area contributed by atoms with E-state index in [1.165, 1.54) is 23.9 Å². The standard InChI is InChI=1S/C15H17FN2O3S2/c1-2-18-12-8-23(20,21)9-13(12)22-15(18)17-14(19)7-10-3-5-11(16)6-4-10/h3-6,12-13H,2,7-9H2,1H3/t12-,13+/m0/s1. The molecule has 3 rings (SSSR count). The Balaban J connectivity index is 1.72. The number of sulfone groups is 1. The van der Waals surface area contributed by atoms with Gasteiger partial charge in [0.2, 0.25) is 0 Å². The highest BCUT2D eigenvalue weighted by molar-refractivity contribution is 8.15. The topological polar surface area (TPSA) is 66.8 Å². The molecule has 0 radical (unpaired) electrons. The normalized spacial score (nSPS) is 27.4. The Morgan fingerprint density at radius 1 is 1.35 bits per heavy atom. The monoisotopic (exact) mass is 356 g/mol. The zero-order valence-electron chi connectivity index (χ0n) is 12.6. The number of amides is 1. The number of amidine groups is 1. The average molecular weight is 356 g/mol. The van der Waals surface area contributed by atoms with E-state index < -0.39 is 9.84 Å². The largest absolute Gasteiger partial charge is 0.346 e. The zero-order chi connectivity index (χ0) is 16.6. The molecule has 0 saturated carbocycles. The lowest BCUT2D eigenvalue weighted by Crippen LogP contribution is -2.37. The van der Waals surface area contributed by atoms with Crippen LogP contribution in [0.25, 0.3) is 0 Å². The molecule has 0 bridgehead atoms. The molecule has 0 spiro atoms. The van der Waals surface area contributed by atoms with Gasteiger partial charge in [-0.25, -0.2) is 12.8 Å². The molecule has 124 valence electrons. The van der Waals surface area contributed by atoms with Gasteiger partial charge in [0.05, 0.1) is 24.0 Å². The second-order valence-electron chi connectivity index (χ2n) is 5.68. The van der Waals surface area contributed by atoms with E-state index in [0.717, 1.165) is 0 Å². The van der Waals surface area contributed by atoms with Crippen LogP contribution in [-0.4, -0.2) is 53.7 Å². The minimum atomic E-state index is -2.99. The first kappa shape index (κ1) is 16.4. The number of fused-ring (bicyclic) bond motifs is 1. The number of nitrogens with zero attached hydrogens (tertiary/aromatic N) is 2. The van der Waals surface area contributed by atoms with Gasteiger partial charge in [0, 0.05) is 11.8 Å². The van der Waals surface area contributed by atoms with E-state index in [1.54, 1.807) is 12.1 Å². The quantitative estimate of drug-likeness (QED) is 0.821. The van der Waals surface area contributed by atoms with E-state index in [4.69, 9.17) is 0 Å². The number of carbonyl (C=O) groups is 1. The number of hydrogen-bond acceptors (Lipinski definition) is 4. The van der Waals surface area contributed by atoms with Crippen molar-refractivity contribution in [3.05, 3.63) is 35.6 Å². The summed E-state index contributed by atoms with van der Waals surface area (Å²) in [6, 6.07) is 5.66. The lowest BCUT2D eigenvalue weighted by atomic mass is 10.1. The summed E-state index contributed by atoms with van der Waals surface area (Å²) in [7, 11) is -2.99. The molecule has 1 aromatic rings. The van der Waals surface area contributed by atoms with Crippen LogP contribution in [0.1, 0.15) is 12.5 Å². The summed E-state index contributed by atoms with van der Waals surface area (Å²) in [5, 5.41) is 0.557. The third-order valence-electron chi connectivity index (χ3n) is 4.00. The average Bonchev–Trinajstić information content (AvgIpc) is 2.92. The number of thioether (sulfide) groups is 1. The Labute approximate surface area is 138 Å². The van der Waals surface area contributed by atoms with Gasteiger partial charge in [0.25, 0.3) is 5.91 Å². The van der Waals surface area contributed by atoms with Crippen molar-refractivity contribution in [2.24, 2.45) is 4.99 Å². The van der Waals surface area contributed by atoms with Crippen LogP contribution >= 0.6 is 11.8 Å². The smallest absolute Gasteiger partial charge is 0.252 e. The Morgan fingerprint density at radius 2 is 2.04 bits per heavy atom. The van der Waals surface area contributed by atoms with Crippen molar-refractivity contribution in [1.82, 2.24) is 4.90 Å². The minimum Gasteiger partial charge on any atom is -0.346 e. The summed E-state index contributed by atoms with van der Waals surface area (Å²) in [4.78, 5) is 18.2. The summed E-state index contributed by atoms with van der Waals surface area (Å²) < 4.78 is 36.3. The van der Waals surface area contributed by atoms with Gasteiger partial charge in [0.15, 0.2) is 15.0 Å². The van der Waals surface area contributed by atoms with Gasteiger partial charge in [-0.2, -0.15) is 4.99 Å². The first-order valence-corrected chi connectivity index (χ1v) is 10.1. The van der Waals surface area contributed by atoms with Crippen molar-refractivity contribution in [1.29, 1.82) is 0 Å². The number of aliphatic imine (C=N–C) groups is 1. The molecule has 0 N–H and O–H groups in total. The van der Waals surface area contributed by atoms with E-state index in [0.29, 0.717) is 17.3 Å². The zero-order valence-corrected chi connectivity index (χ0v) is 14.2. The van der Waals surface area contributed by atoms with Crippen molar-refractivity contribution >= 4 is 32.7 Å². The van der Waals surface area contributed by atoms with Crippen LogP contribution in [0.5, 0.6) is 0 Å². The van der Waals surface area contributed by atoms with Crippen LogP contribution in [-0.2, 0) is 21.1 Å². The van der Waals surface area contributed by atoms with E-state index in [-0.39, 0.29) is 40.9 Å². The summed E-state index contributed by atoms with van der Waals surface area (Å²) in [6.07, 6.45) is 0.107. The van der Waals surface area contributed by atoms with E-state index in [2.05, 4.69) is 4.99 Å². The summed E-state index contributed by atoms with van der Waals surface area (Å²) in [5.41, 5.74) is 0.703. The number of carbonyl (C=O) groups excluding carboxylic acids is 1. The van der Waals surface area contributed by atoms with Gasteiger partial charge in [-0.15, -0.1) is 0 Å². The second-order valence-corrected chi connectivity index (χ2v) is 9.04. The molecule has 0 unspecified atom stereocenters. The highest BCUT2D eigenvalue weighted by atomic mass is 32.2. The highest BCUT2D eigenvalue weighted by Crippen LogP contribution is 2.37. The summed E-state index contributed by atoms with van der Waals surface area (Å²) >= 11 is 1.37. The van der Waals surface area contributed by atoms with Crippen LogP contribution in [0.3, 0.4) is 0 Å². The Morgan fingerprint density at radius 3 is 2.70 bits per heavy atom. The maximum atomic E-state index is 12.9. The van der Waals surface area contributed by atoms with Crippen LogP contribution < -0.4 is 0 Å². The molecule has 8 heteroatoms. The SMILES string of the molecule is CCN1C(=NC(=O)Cc2ccc(F)cc2)S[C@@H]2CS(=O)(=O)C[C@@H]21. The third kappa shape index (κ3) is 3.58. The molecule has 1 amide bonds. The molecule has 2 atom stereocenters. The second kappa shape index (κ2) is 6.24. The predicted octanol–water partition coefficient (Wildman–Crippen LogP) is 1.49.